The van der Waals surface area contributed by atoms with Crippen LogP contribution in [0.3, 0.4) is 0 Å². The normalized spacial score (nSPS) is 10.3. The van der Waals surface area contributed by atoms with Crippen LogP contribution in [0.25, 0.3) is 0 Å². The van der Waals surface area contributed by atoms with Crippen molar-refractivity contribution in [2.45, 2.75) is 12.1 Å². The van der Waals surface area contributed by atoms with Crippen LogP contribution < -0.4 is 22.5 Å². The van der Waals surface area contributed by atoms with Crippen LogP contribution in [-0.4, -0.2) is 21.6 Å². The van der Waals surface area contributed by atoms with Crippen LogP contribution in [0, 0.1) is 6.92 Å². The number of carbonyl (C=O) groups is 1. The molecule has 0 unspecified atom stereocenters. The number of aromatic nitrogens is 2. The van der Waals surface area contributed by atoms with Gasteiger partial charge in [-0.2, -0.15) is 0 Å². The molecule has 21 heavy (non-hydrogen) atoms. The average Bonchev–Trinajstić information content (AvgIpc) is 2.39. The molecule has 0 spiro atoms. The number of thioether (sulfide) groups is 1. The summed E-state index contributed by atoms with van der Waals surface area (Å²) in [5.41, 5.74) is 19.1. The van der Waals surface area contributed by atoms with E-state index in [4.69, 9.17) is 17.2 Å². The highest BCUT2D eigenvalue weighted by atomic mass is 32.2. The molecule has 0 radical (unpaired) electrons. The summed E-state index contributed by atoms with van der Waals surface area (Å²) in [7, 11) is 0. The Hall–Kier alpha value is -2.48. The lowest BCUT2D eigenvalue weighted by Gasteiger charge is -2.08. The van der Waals surface area contributed by atoms with Crippen molar-refractivity contribution in [1.29, 1.82) is 0 Å². The quantitative estimate of drug-likeness (QED) is 0.379. The van der Waals surface area contributed by atoms with Crippen molar-refractivity contribution in [2.75, 3.05) is 28.3 Å². The third-order valence-electron chi connectivity index (χ3n) is 2.56. The fraction of sp³-hybridized carbons (Fsp3) is 0.154. The van der Waals surface area contributed by atoms with Gasteiger partial charge in [0.2, 0.25) is 5.91 Å². The number of hydrogen-bond acceptors (Lipinski definition) is 7. The van der Waals surface area contributed by atoms with Crippen molar-refractivity contribution in [3.63, 3.8) is 0 Å². The number of nitrogens with one attached hydrogen (secondary N) is 1. The molecule has 0 fully saturated rings. The highest BCUT2D eigenvalue weighted by molar-refractivity contribution is 7.99. The zero-order valence-electron chi connectivity index (χ0n) is 11.5. The molecule has 1 amide bonds. The number of amides is 1. The Morgan fingerprint density at radius 3 is 2.48 bits per heavy atom. The van der Waals surface area contributed by atoms with Gasteiger partial charge in [0.05, 0.1) is 17.1 Å². The minimum Gasteiger partial charge on any atom is -0.397 e. The topological polar surface area (TPSA) is 133 Å². The summed E-state index contributed by atoms with van der Waals surface area (Å²) in [4.78, 5) is 19.9. The van der Waals surface area contributed by atoms with E-state index >= 15 is 0 Å². The molecule has 0 saturated heterocycles. The van der Waals surface area contributed by atoms with Crippen molar-refractivity contribution < 1.29 is 4.79 Å². The van der Waals surface area contributed by atoms with E-state index in [1.807, 2.05) is 13.0 Å². The summed E-state index contributed by atoms with van der Waals surface area (Å²) in [6.07, 6.45) is 0. The van der Waals surface area contributed by atoms with Gasteiger partial charge < -0.3 is 22.5 Å². The number of aryl methyl sites for hydroxylation is 1. The molecule has 7 N–H and O–H groups in total. The molecular weight excluding hydrogens is 288 g/mol. The van der Waals surface area contributed by atoms with Crippen LogP contribution in [0.5, 0.6) is 0 Å². The number of nitrogens with zero attached hydrogens (tertiary/aromatic N) is 2. The highest BCUT2D eigenvalue weighted by Crippen LogP contribution is 2.21. The van der Waals surface area contributed by atoms with Crippen molar-refractivity contribution in [2.24, 2.45) is 0 Å². The van der Waals surface area contributed by atoms with E-state index in [1.165, 1.54) is 6.07 Å². The van der Waals surface area contributed by atoms with E-state index < -0.39 is 0 Å². The predicted octanol–water partition coefficient (Wildman–Crippen LogP) is 1.26. The van der Waals surface area contributed by atoms with Crippen LogP contribution >= 0.6 is 11.8 Å². The lowest BCUT2D eigenvalue weighted by atomic mass is 10.2. The molecule has 1 aromatic carbocycles. The summed E-state index contributed by atoms with van der Waals surface area (Å²) in [6.45, 7) is 1.93. The second-order valence-corrected chi connectivity index (χ2v) is 5.37. The van der Waals surface area contributed by atoms with Gasteiger partial charge in [0.15, 0.2) is 5.16 Å². The first-order valence-electron chi connectivity index (χ1n) is 6.13. The molecule has 8 heteroatoms. The molecule has 1 aromatic heterocycles. The molecule has 1 heterocycles. The number of benzene rings is 1. The van der Waals surface area contributed by atoms with E-state index in [2.05, 4.69) is 15.3 Å². The number of anilines is 4. The van der Waals surface area contributed by atoms with Crippen LogP contribution in [0.15, 0.2) is 29.4 Å². The Morgan fingerprint density at radius 2 is 1.86 bits per heavy atom. The lowest BCUT2D eigenvalue weighted by molar-refractivity contribution is -0.113. The SMILES string of the molecule is Cc1ccc(NC(=O)CSc2nc(N)cc(N)n2)c(N)c1. The van der Waals surface area contributed by atoms with Gasteiger partial charge in [0, 0.05) is 6.07 Å². The first kappa shape index (κ1) is 14.9. The summed E-state index contributed by atoms with van der Waals surface area (Å²) >= 11 is 1.15. The fourth-order valence-corrected chi connectivity index (χ4v) is 2.31. The monoisotopic (exact) mass is 304 g/mol. The van der Waals surface area contributed by atoms with Crippen LogP contribution in [0.2, 0.25) is 0 Å². The predicted molar refractivity (Wildman–Crippen MR) is 85.8 cm³/mol. The number of rotatable bonds is 4. The van der Waals surface area contributed by atoms with Gasteiger partial charge in [-0.05, 0) is 24.6 Å². The summed E-state index contributed by atoms with van der Waals surface area (Å²) in [5, 5.41) is 3.09. The Kier molecular flexibility index (Phi) is 4.49. The number of hydrogen-bond donors (Lipinski definition) is 4. The maximum absolute atomic E-state index is 11.9. The zero-order chi connectivity index (χ0) is 15.4. The smallest absolute Gasteiger partial charge is 0.234 e. The Morgan fingerprint density at radius 1 is 1.19 bits per heavy atom. The molecule has 0 saturated carbocycles. The number of nitrogens with two attached hydrogens (primary N) is 3. The summed E-state index contributed by atoms with van der Waals surface area (Å²) in [6, 6.07) is 6.89. The van der Waals surface area contributed by atoms with Crippen molar-refractivity contribution in [3.8, 4) is 0 Å². The Bertz CT molecular complexity index is 655. The molecule has 7 nitrogen and oxygen atoms in total. The minimum absolute atomic E-state index is 0.135. The van der Waals surface area contributed by atoms with E-state index in [-0.39, 0.29) is 23.3 Å². The molecule has 0 aliphatic carbocycles. The first-order chi connectivity index (χ1) is 9.94. The average molecular weight is 304 g/mol. The molecule has 0 aliphatic heterocycles. The van der Waals surface area contributed by atoms with E-state index in [0.29, 0.717) is 16.5 Å². The molecule has 110 valence electrons. The van der Waals surface area contributed by atoms with Gasteiger partial charge in [0.1, 0.15) is 11.6 Å². The molecule has 0 atom stereocenters. The van der Waals surface area contributed by atoms with E-state index in [9.17, 15) is 4.79 Å². The fourth-order valence-electron chi connectivity index (χ4n) is 1.64. The second-order valence-electron chi connectivity index (χ2n) is 4.43. The maximum Gasteiger partial charge on any atom is 0.234 e. The largest absolute Gasteiger partial charge is 0.397 e. The van der Waals surface area contributed by atoms with Gasteiger partial charge in [-0.15, -0.1) is 0 Å². The maximum atomic E-state index is 11.9. The van der Waals surface area contributed by atoms with Crippen LogP contribution in [0.4, 0.5) is 23.0 Å². The molecule has 0 aliphatic rings. The van der Waals surface area contributed by atoms with E-state index in [1.54, 1.807) is 12.1 Å². The van der Waals surface area contributed by atoms with Crippen LogP contribution in [0.1, 0.15) is 5.56 Å². The van der Waals surface area contributed by atoms with Crippen molar-refractivity contribution >= 4 is 40.7 Å². The molecule has 2 rings (SSSR count). The van der Waals surface area contributed by atoms with Gasteiger partial charge in [-0.25, -0.2) is 9.97 Å². The van der Waals surface area contributed by atoms with Crippen molar-refractivity contribution in [1.82, 2.24) is 9.97 Å². The number of carbonyl (C=O) groups excluding carboxylic acids is 1. The minimum atomic E-state index is -0.208. The lowest BCUT2D eigenvalue weighted by Crippen LogP contribution is -2.15. The first-order valence-corrected chi connectivity index (χ1v) is 7.11. The van der Waals surface area contributed by atoms with Gasteiger partial charge in [0.25, 0.3) is 0 Å². The zero-order valence-corrected chi connectivity index (χ0v) is 12.3. The molecule has 2 aromatic rings. The van der Waals surface area contributed by atoms with Crippen molar-refractivity contribution in [3.05, 3.63) is 29.8 Å². The van der Waals surface area contributed by atoms with Gasteiger partial charge in [-0.3, -0.25) is 4.79 Å². The Balaban J connectivity index is 1.95. The highest BCUT2D eigenvalue weighted by Gasteiger charge is 2.08. The van der Waals surface area contributed by atoms with E-state index in [0.717, 1.165) is 17.3 Å². The second kappa shape index (κ2) is 6.31. The third-order valence-corrected chi connectivity index (χ3v) is 3.41. The third kappa shape index (κ3) is 4.25. The summed E-state index contributed by atoms with van der Waals surface area (Å²) in [5.74, 6) is 0.470. The number of nitrogen functional groups attached to an aromatic ring is 3. The Labute approximate surface area is 126 Å². The standard InChI is InChI=1S/C13H16N6OS/c1-7-2-3-9(8(14)4-7)17-12(20)6-21-13-18-10(15)5-11(16)19-13/h2-5H,6,14H2,1H3,(H,17,20)(H4,15,16,18,19). The van der Waals surface area contributed by atoms with Crippen LogP contribution in [-0.2, 0) is 4.79 Å². The molecular formula is C13H16N6OS. The van der Waals surface area contributed by atoms with Gasteiger partial charge in [-0.1, -0.05) is 17.8 Å². The molecule has 0 bridgehead atoms. The van der Waals surface area contributed by atoms with Gasteiger partial charge >= 0.3 is 0 Å². The summed E-state index contributed by atoms with van der Waals surface area (Å²) < 4.78 is 0.